The van der Waals surface area contributed by atoms with E-state index in [1.54, 1.807) is 10.9 Å². The number of nitrogens with zero attached hydrogens (tertiary/aromatic N) is 2. The number of amides is 1. The van der Waals surface area contributed by atoms with Gasteiger partial charge in [-0.15, -0.1) is 0 Å². The van der Waals surface area contributed by atoms with Crippen molar-refractivity contribution in [1.29, 1.82) is 0 Å². The van der Waals surface area contributed by atoms with Gasteiger partial charge in [0.05, 0.1) is 31.7 Å². The van der Waals surface area contributed by atoms with Gasteiger partial charge in [0.1, 0.15) is 5.15 Å². The zero-order valence-electron chi connectivity index (χ0n) is 24.7. The number of aliphatic carboxylic acids is 1. The van der Waals surface area contributed by atoms with Crippen molar-refractivity contribution < 1.29 is 29.3 Å². The fraction of sp³-hybridized carbons (Fsp3) is 0.324. The largest absolute Gasteiger partial charge is 0.481 e. The van der Waals surface area contributed by atoms with E-state index in [4.69, 9.17) is 37.8 Å². The minimum absolute atomic E-state index is 0.0349. The summed E-state index contributed by atoms with van der Waals surface area (Å²) in [6.45, 7) is 2.79. The molecule has 5 rings (SSSR count). The van der Waals surface area contributed by atoms with Crippen LogP contribution in [0.4, 0.5) is 0 Å². The van der Waals surface area contributed by atoms with E-state index < -0.39 is 12.3 Å². The molecule has 1 aliphatic rings. The van der Waals surface area contributed by atoms with Crippen LogP contribution < -0.4 is 5.32 Å². The molecule has 3 aromatic carbocycles. The Balaban J connectivity index is 1.35. The molecule has 0 unspecified atom stereocenters. The Morgan fingerprint density at radius 1 is 0.956 bits per heavy atom. The van der Waals surface area contributed by atoms with E-state index in [0.717, 1.165) is 33.4 Å². The van der Waals surface area contributed by atoms with Crippen molar-refractivity contribution in [3.05, 3.63) is 112 Å². The predicted molar refractivity (Wildman–Crippen MR) is 170 cm³/mol. The van der Waals surface area contributed by atoms with Gasteiger partial charge in [-0.05, 0) is 34.2 Å². The highest BCUT2D eigenvalue weighted by molar-refractivity contribution is 6.40. The maximum Gasteiger partial charge on any atom is 0.303 e. The van der Waals surface area contributed by atoms with Gasteiger partial charge in [-0.1, -0.05) is 103 Å². The average molecular weight is 653 g/mol. The molecule has 4 aromatic rings. The fourth-order valence-electron chi connectivity index (χ4n) is 5.45. The molecule has 1 fully saturated rings. The first-order valence-corrected chi connectivity index (χ1v) is 15.5. The van der Waals surface area contributed by atoms with Crippen molar-refractivity contribution in [3.63, 3.8) is 0 Å². The lowest BCUT2D eigenvalue weighted by atomic mass is 9.90. The van der Waals surface area contributed by atoms with Gasteiger partial charge < -0.3 is 29.6 Å². The molecule has 11 heteroatoms. The number of imidazole rings is 1. The van der Waals surface area contributed by atoms with Gasteiger partial charge in [-0.2, -0.15) is 0 Å². The first-order chi connectivity index (χ1) is 21.7. The van der Waals surface area contributed by atoms with Crippen LogP contribution in [-0.4, -0.2) is 37.7 Å². The molecule has 1 aromatic heterocycles. The van der Waals surface area contributed by atoms with Crippen LogP contribution in [-0.2, 0) is 38.8 Å². The summed E-state index contributed by atoms with van der Waals surface area (Å²) in [5.41, 5.74) is 5.51. The molecule has 9 nitrogen and oxygen atoms in total. The van der Waals surface area contributed by atoms with E-state index in [2.05, 4.69) is 17.2 Å². The summed E-state index contributed by atoms with van der Waals surface area (Å²) in [7, 11) is 0. The molecule has 1 saturated heterocycles. The second-order valence-electron chi connectivity index (χ2n) is 11.1. The third kappa shape index (κ3) is 8.11. The number of ether oxygens (including phenoxy) is 2. The average Bonchev–Trinajstić information content (AvgIpc) is 3.37. The monoisotopic (exact) mass is 651 g/mol. The first kappa shape index (κ1) is 32.7. The number of halogens is 2. The Hall–Kier alpha value is -3.73. The van der Waals surface area contributed by atoms with Crippen molar-refractivity contribution in [2.45, 2.75) is 64.4 Å². The number of carbonyl (C=O) groups excluding carboxylic acids is 1. The topological polar surface area (TPSA) is 123 Å². The molecular formula is C34H35Cl2N3O6. The minimum atomic E-state index is -0.912. The van der Waals surface area contributed by atoms with Crippen molar-refractivity contribution in [3.8, 4) is 11.1 Å². The fourth-order valence-corrected chi connectivity index (χ4v) is 5.76. The summed E-state index contributed by atoms with van der Waals surface area (Å²) in [6.07, 6.45) is 0.783. The molecule has 2 heterocycles. The maximum absolute atomic E-state index is 12.2. The van der Waals surface area contributed by atoms with Crippen molar-refractivity contribution in [2.24, 2.45) is 5.92 Å². The molecule has 1 aliphatic heterocycles. The number of benzene rings is 3. The van der Waals surface area contributed by atoms with Crippen molar-refractivity contribution in [2.75, 3.05) is 0 Å². The Bertz CT molecular complexity index is 1610. The van der Waals surface area contributed by atoms with Gasteiger partial charge in [0.15, 0.2) is 11.4 Å². The van der Waals surface area contributed by atoms with Crippen LogP contribution in [0, 0.1) is 5.92 Å². The van der Waals surface area contributed by atoms with Crippen LogP contribution in [0.15, 0.2) is 79.1 Å². The van der Waals surface area contributed by atoms with Gasteiger partial charge in [0.25, 0.3) is 0 Å². The van der Waals surface area contributed by atoms with E-state index in [1.165, 1.54) is 0 Å². The van der Waals surface area contributed by atoms with Gasteiger partial charge in [0, 0.05) is 30.9 Å². The van der Waals surface area contributed by atoms with E-state index in [0.29, 0.717) is 24.7 Å². The van der Waals surface area contributed by atoms with Gasteiger partial charge in [-0.25, -0.2) is 4.98 Å². The maximum atomic E-state index is 12.2. The summed E-state index contributed by atoms with van der Waals surface area (Å²) in [5, 5.41) is 21.8. The highest BCUT2D eigenvalue weighted by atomic mass is 35.5. The number of aliphatic hydroxyl groups excluding tert-OH is 1. The molecule has 0 bridgehead atoms. The van der Waals surface area contributed by atoms with Gasteiger partial charge in [0.2, 0.25) is 5.91 Å². The molecule has 0 aliphatic carbocycles. The molecule has 1 amide bonds. The summed E-state index contributed by atoms with van der Waals surface area (Å²) < 4.78 is 14.9. The Morgan fingerprint density at radius 2 is 1.67 bits per heavy atom. The third-order valence-electron chi connectivity index (χ3n) is 8.01. The molecule has 0 spiro atoms. The Kier molecular flexibility index (Phi) is 10.9. The summed E-state index contributed by atoms with van der Waals surface area (Å²) >= 11 is 12.5. The lowest BCUT2D eigenvalue weighted by molar-refractivity contribution is -0.276. The number of carbonyl (C=O) groups is 2. The quantitative estimate of drug-likeness (QED) is 0.156. The molecule has 0 saturated carbocycles. The van der Waals surface area contributed by atoms with E-state index in [1.807, 2.05) is 72.8 Å². The van der Waals surface area contributed by atoms with Crippen LogP contribution in [0.1, 0.15) is 60.8 Å². The minimum Gasteiger partial charge on any atom is -0.481 e. The SMILES string of the molecule is C[C@H]1[C@@H](Cn2cnc(Cl)c2Cl)O[C@@H](c2ccc(-c3ccccc3CNC(=O)CCCC(=O)O)cc2)O[C@H]1c1ccc(CO)cc1. The van der Waals surface area contributed by atoms with Gasteiger partial charge >= 0.3 is 5.97 Å². The Labute approximate surface area is 271 Å². The molecule has 236 valence electrons. The molecule has 3 N–H and O–H groups in total. The third-order valence-corrected chi connectivity index (χ3v) is 8.78. The zero-order chi connectivity index (χ0) is 31.9. The summed E-state index contributed by atoms with van der Waals surface area (Å²) in [6, 6.07) is 23.5. The van der Waals surface area contributed by atoms with Crippen LogP contribution in [0.2, 0.25) is 10.3 Å². The lowest BCUT2D eigenvalue weighted by Gasteiger charge is -2.41. The van der Waals surface area contributed by atoms with Crippen LogP contribution in [0.5, 0.6) is 0 Å². The smallest absolute Gasteiger partial charge is 0.303 e. The van der Waals surface area contributed by atoms with Crippen molar-refractivity contribution in [1.82, 2.24) is 14.9 Å². The molecule has 45 heavy (non-hydrogen) atoms. The Morgan fingerprint density at radius 3 is 2.33 bits per heavy atom. The van der Waals surface area contributed by atoms with Crippen molar-refractivity contribution >= 4 is 35.1 Å². The number of rotatable bonds is 12. The molecular weight excluding hydrogens is 617 g/mol. The predicted octanol–water partition coefficient (Wildman–Crippen LogP) is 6.71. The second-order valence-corrected chi connectivity index (χ2v) is 11.8. The first-order valence-electron chi connectivity index (χ1n) is 14.8. The summed E-state index contributed by atoms with van der Waals surface area (Å²) in [5.74, 6) is -1.15. The number of hydrogen-bond donors (Lipinski definition) is 3. The number of nitrogens with one attached hydrogen (secondary N) is 1. The van der Waals surface area contributed by atoms with Crippen LogP contribution in [0.25, 0.3) is 11.1 Å². The summed E-state index contributed by atoms with van der Waals surface area (Å²) in [4.78, 5) is 27.1. The number of carboxylic acid groups (broad SMARTS) is 1. The highest BCUT2D eigenvalue weighted by Gasteiger charge is 2.39. The van der Waals surface area contributed by atoms with E-state index >= 15 is 0 Å². The number of hydrogen-bond acceptors (Lipinski definition) is 6. The number of carboxylic acids is 1. The molecule has 0 radical (unpaired) electrons. The van der Waals surface area contributed by atoms with E-state index in [-0.39, 0.29) is 48.6 Å². The zero-order valence-corrected chi connectivity index (χ0v) is 26.2. The lowest BCUT2D eigenvalue weighted by Crippen LogP contribution is -2.39. The highest BCUT2D eigenvalue weighted by Crippen LogP contribution is 2.42. The van der Waals surface area contributed by atoms with Crippen LogP contribution >= 0.6 is 23.2 Å². The molecule has 4 atom stereocenters. The number of aliphatic hydroxyl groups is 1. The second kappa shape index (κ2) is 15.0. The standard InChI is InChI=1S/C34H35Cl2N3O6/c1-21-28(18-39-20-38-32(35)33(39)36)44-34(45-31(21)24-11-9-22(19-40)10-12-24)25-15-13-23(14-16-25)27-6-3-2-5-26(27)17-37-29(41)7-4-8-30(42)43/h2-3,5-6,9-16,20-21,28,31,34,40H,4,7-8,17-19H2,1H3,(H,37,41)(H,42,43)/t21-,28+,31+,34+/m0/s1. The normalized spacial score (nSPS) is 19.7. The van der Waals surface area contributed by atoms with E-state index in [9.17, 15) is 14.7 Å². The van der Waals surface area contributed by atoms with Crippen LogP contribution in [0.3, 0.4) is 0 Å². The number of aromatic nitrogens is 2. The van der Waals surface area contributed by atoms with Gasteiger partial charge in [-0.3, -0.25) is 9.59 Å².